The molecular weight excluding hydrogens is 320 g/mol. The van der Waals surface area contributed by atoms with Crippen molar-refractivity contribution in [2.24, 2.45) is 11.8 Å². The van der Waals surface area contributed by atoms with Gasteiger partial charge in [-0.3, -0.25) is 0 Å². The minimum absolute atomic E-state index is 0.0994. The van der Waals surface area contributed by atoms with Gasteiger partial charge in [0.25, 0.3) is 0 Å². The first-order valence-electron chi connectivity index (χ1n) is 8.48. The van der Waals surface area contributed by atoms with Crippen LogP contribution in [0.4, 0.5) is 0 Å². The van der Waals surface area contributed by atoms with Gasteiger partial charge in [0.05, 0.1) is 27.4 Å². The lowest BCUT2D eigenvalue weighted by atomic mass is 9.78. The van der Waals surface area contributed by atoms with Gasteiger partial charge in [-0.15, -0.1) is 0 Å². The number of ether oxygens (including phenoxy) is 3. The third-order valence-corrected chi connectivity index (χ3v) is 5.39. The Morgan fingerprint density at radius 1 is 0.800 bits per heavy atom. The fraction of sp³-hybridized carbons (Fsp3) is 0.400. The maximum Gasteiger partial charge on any atom is 0.160 e. The number of aromatic hydroxyl groups is 2. The lowest BCUT2D eigenvalue weighted by Crippen LogP contribution is -2.20. The number of hydrogen-bond donors (Lipinski definition) is 2. The van der Waals surface area contributed by atoms with Crippen LogP contribution in [-0.2, 0) is 17.6 Å². The molecule has 5 nitrogen and oxygen atoms in total. The van der Waals surface area contributed by atoms with Gasteiger partial charge in [0.2, 0.25) is 0 Å². The molecule has 2 aromatic carbocycles. The standard InChI is InChI=1S/C20H22O5/c1-23-19-5-11-3-13-9-25-10-14(13)4-12-6-20(24-2)18(22)8-16(12)15(11)7-17(19)21/h5-8,13-14,21-22H,3-4,9-10H2,1-2H3/t13-,14-/m0/s1. The minimum Gasteiger partial charge on any atom is -0.504 e. The molecule has 2 N–H and O–H groups in total. The van der Waals surface area contributed by atoms with E-state index < -0.39 is 0 Å². The largest absolute Gasteiger partial charge is 0.504 e. The number of rotatable bonds is 2. The van der Waals surface area contributed by atoms with E-state index in [1.165, 1.54) is 0 Å². The highest BCUT2D eigenvalue weighted by atomic mass is 16.5. The second-order valence-corrected chi connectivity index (χ2v) is 6.83. The SMILES string of the molecule is COc1cc2c(cc1O)-c1cc(O)c(OC)cc1C[C@H]1COC[C@@H]1C2. The van der Waals surface area contributed by atoms with Crippen molar-refractivity contribution < 1.29 is 24.4 Å². The smallest absolute Gasteiger partial charge is 0.160 e. The van der Waals surface area contributed by atoms with Gasteiger partial charge in [0.15, 0.2) is 23.0 Å². The first kappa shape index (κ1) is 16.1. The molecule has 1 saturated heterocycles. The van der Waals surface area contributed by atoms with Crippen LogP contribution >= 0.6 is 0 Å². The Hall–Kier alpha value is -2.40. The molecule has 1 heterocycles. The Morgan fingerprint density at radius 2 is 1.24 bits per heavy atom. The molecule has 0 radical (unpaired) electrons. The highest BCUT2D eigenvalue weighted by Gasteiger charge is 2.33. The van der Waals surface area contributed by atoms with Crippen LogP contribution in [0.3, 0.4) is 0 Å². The molecule has 0 aromatic heterocycles. The molecule has 1 aliphatic heterocycles. The van der Waals surface area contributed by atoms with Crippen molar-refractivity contribution in [2.45, 2.75) is 12.8 Å². The summed E-state index contributed by atoms with van der Waals surface area (Å²) >= 11 is 0. The van der Waals surface area contributed by atoms with Crippen LogP contribution in [0.2, 0.25) is 0 Å². The van der Waals surface area contributed by atoms with Crippen molar-refractivity contribution in [1.82, 2.24) is 0 Å². The zero-order valence-corrected chi connectivity index (χ0v) is 14.4. The zero-order valence-electron chi connectivity index (χ0n) is 14.4. The van der Waals surface area contributed by atoms with E-state index in [1.54, 1.807) is 26.4 Å². The summed E-state index contributed by atoms with van der Waals surface area (Å²) in [5, 5.41) is 20.5. The summed E-state index contributed by atoms with van der Waals surface area (Å²) in [5.74, 6) is 2.00. The van der Waals surface area contributed by atoms with E-state index in [0.29, 0.717) is 23.3 Å². The van der Waals surface area contributed by atoms with E-state index in [4.69, 9.17) is 14.2 Å². The monoisotopic (exact) mass is 342 g/mol. The van der Waals surface area contributed by atoms with Crippen molar-refractivity contribution in [1.29, 1.82) is 0 Å². The Kier molecular flexibility index (Phi) is 3.96. The molecule has 0 amide bonds. The van der Waals surface area contributed by atoms with Gasteiger partial charge in [0, 0.05) is 0 Å². The van der Waals surface area contributed by atoms with Gasteiger partial charge in [-0.25, -0.2) is 0 Å². The molecule has 132 valence electrons. The summed E-state index contributed by atoms with van der Waals surface area (Å²) in [6, 6.07) is 7.26. The molecule has 1 fully saturated rings. The number of phenolic OH excluding ortho intramolecular Hbond substituents is 2. The van der Waals surface area contributed by atoms with Crippen LogP contribution in [0.5, 0.6) is 23.0 Å². The van der Waals surface area contributed by atoms with Crippen LogP contribution in [0.25, 0.3) is 11.1 Å². The van der Waals surface area contributed by atoms with Crippen LogP contribution in [0.1, 0.15) is 11.1 Å². The maximum atomic E-state index is 10.3. The van der Waals surface area contributed by atoms with Gasteiger partial charge in [-0.05, 0) is 71.2 Å². The van der Waals surface area contributed by atoms with Gasteiger partial charge in [0.1, 0.15) is 0 Å². The molecule has 0 saturated carbocycles. The number of hydrogen-bond acceptors (Lipinski definition) is 5. The van der Waals surface area contributed by atoms with E-state index in [9.17, 15) is 10.2 Å². The third kappa shape index (κ3) is 2.68. The van der Waals surface area contributed by atoms with E-state index in [2.05, 4.69) is 0 Å². The average molecular weight is 342 g/mol. The summed E-state index contributed by atoms with van der Waals surface area (Å²) in [6.07, 6.45) is 1.73. The Morgan fingerprint density at radius 3 is 1.64 bits per heavy atom. The fourth-order valence-corrected chi connectivity index (χ4v) is 4.05. The lowest BCUT2D eigenvalue weighted by molar-refractivity contribution is 0.180. The number of fused-ring (bicyclic) bond motifs is 4. The van der Waals surface area contributed by atoms with E-state index in [1.807, 2.05) is 12.1 Å². The molecule has 0 bridgehead atoms. The molecule has 0 unspecified atom stereocenters. The molecular formula is C20H22O5. The third-order valence-electron chi connectivity index (χ3n) is 5.39. The fourth-order valence-electron chi connectivity index (χ4n) is 4.05. The maximum absolute atomic E-state index is 10.3. The van der Waals surface area contributed by atoms with Crippen LogP contribution in [0, 0.1) is 11.8 Å². The number of phenols is 2. The summed E-state index contributed by atoms with van der Waals surface area (Å²) in [5.41, 5.74) is 4.05. The quantitative estimate of drug-likeness (QED) is 0.877. The number of methoxy groups -OCH3 is 2. The Labute approximate surface area is 146 Å². The first-order chi connectivity index (χ1) is 12.1. The van der Waals surface area contributed by atoms with Crippen molar-refractivity contribution in [3.63, 3.8) is 0 Å². The molecule has 25 heavy (non-hydrogen) atoms. The summed E-state index contributed by atoms with van der Waals surface area (Å²) in [4.78, 5) is 0. The molecule has 2 aliphatic rings. The lowest BCUT2D eigenvalue weighted by Gasteiger charge is -2.26. The van der Waals surface area contributed by atoms with Gasteiger partial charge in [-0.2, -0.15) is 0 Å². The second kappa shape index (κ2) is 6.15. The average Bonchev–Trinajstić information content (AvgIpc) is 3.02. The Bertz CT molecular complexity index is 747. The zero-order chi connectivity index (χ0) is 17.6. The highest BCUT2D eigenvalue weighted by Crippen LogP contribution is 2.45. The van der Waals surface area contributed by atoms with Crippen LogP contribution < -0.4 is 9.47 Å². The second-order valence-electron chi connectivity index (χ2n) is 6.83. The van der Waals surface area contributed by atoms with Crippen LogP contribution in [0.15, 0.2) is 24.3 Å². The first-order valence-corrected chi connectivity index (χ1v) is 8.48. The van der Waals surface area contributed by atoms with Crippen molar-refractivity contribution in [3.05, 3.63) is 35.4 Å². The molecule has 0 spiro atoms. The van der Waals surface area contributed by atoms with Crippen molar-refractivity contribution in [2.75, 3.05) is 27.4 Å². The summed E-state index contributed by atoms with van der Waals surface area (Å²) < 4.78 is 16.3. The molecule has 1 aliphatic carbocycles. The summed E-state index contributed by atoms with van der Waals surface area (Å²) in [7, 11) is 3.10. The van der Waals surface area contributed by atoms with Gasteiger partial charge in [-0.1, -0.05) is 0 Å². The Balaban J connectivity index is 1.95. The normalized spacial score (nSPS) is 21.5. The number of benzene rings is 2. The topological polar surface area (TPSA) is 68.2 Å². The van der Waals surface area contributed by atoms with E-state index in [-0.39, 0.29) is 11.5 Å². The summed E-state index contributed by atoms with van der Waals surface area (Å²) in [6.45, 7) is 1.50. The van der Waals surface area contributed by atoms with Crippen molar-refractivity contribution >= 4 is 0 Å². The molecule has 2 atom stereocenters. The van der Waals surface area contributed by atoms with E-state index in [0.717, 1.165) is 48.3 Å². The van der Waals surface area contributed by atoms with Crippen LogP contribution in [-0.4, -0.2) is 37.6 Å². The molecule has 2 aromatic rings. The predicted molar refractivity (Wildman–Crippen MR) is 93.5 cm³/mol. The van der Waals surface area contributed by atoms with Crippen molar-refractivity contribution in [3.8, 4) is 34.1 Å². The van der Waals surface area contributed by atoms with Gasteiger partial charge >= 0.3 is 0 Å². The highest BCUT2D eigenvalue weighted by molar-refractivity contribution is 5.76. The minimum atomic E-state index is 0.0994. The van der Waals surface area contributed by atoms with E-state index >= 15 is 0 Å². The predicted octanol–water partition coefficient (Wildman–Crippen LogP) is 3.14. The molecule has 4 rings (SSSR count). The molecule has 5 heteroatoms. The van der Waals surface area contributed by atoms with Gasteiger partial charge < -0.3 is 24.4 Å².